The third-order valence-electron chi connectivity index (χ3n) is 14.0. The molecule has 0 spiro atoms. The van der Waals surface area contributed by atoms with E-state index >= 15 is 8.78 Å². The van der Waals surface area contributed by atoms with E-state index in [0.29, 0.717) is 76.3 Å². The van der Waals surface area contributed by atoms with Gasteiger partial charge in [0.15, 0.2) is 0 Å². The predicted octanol–water partition coefficient (Wildman–Crippen LogP) is 9.77. The Balaban J connectivity index is 0.709. The van der Waals surface area contributed by atoms with E-state index in [9.17, 15) is 0 Å². The van der Waals surface area contributed by atoms with Gasteiger partial charge < -0.3 is 9.72 Å². The van der Waals surface area contributed by atoms with E-state index in [4.69, 9.17) is 4.74 Å². The summed E-state index contributed by atoms with van der Waals surface area (Å²) in [6, 6.07) is 21.6. The first kappa shape index (κ1) is 44.5. The third kappa shape index (κ3) is 10.1. The maximum absolute atomic E-state index is 15.1. The highest BCUT2D eigenvalue weighted by molar-refractivity contribution is 5.82. The summed E-state index contributed by atoms with van der Waals surface area (Å²) in [4.78, 5) is 25.7. The van der Waals surface area contributed by atoms with Crippen LogP contribution in [0.25, 0.3) is 55.4 Å². The monoisotopic (exact) mass is 927 g/mol. The number of H-pyrrole nitrogens is 1. The Kier molecular flexibility index (Phi) is 11.7. The number of hydrogen-bond donors (Lipinski definition) is 1. The van der Waals surface area contributed by atoms with Crippen molar-refractivity contribution in [2.75, 3.05) is 26.2 Å². The van der Waals surface area contributed by atoms with Crippen LogP contribution in [0.15, 0.2) is 97.7 Å². The van der Waals surface area contributed by atoms with Crippen LogP contribution in [-0.4, -0.2) is 90.9 Å². The van der Waals surface area contributed by atoms with Gasteiger partial charge in [0, 0.05) is 63.9 Å². The van der Waals surface area contributed by atoms with Gasteiger partial charge in [-0.3, -0.25) is 14.8 Å². The molecule has 9 aromatic rings. The summed E-state index contributed by atoms with van der Waals surface area (Å²) < 4.78 is 39.9. The molecule has 2 aromatic carbocycles. The van der Waals surface area contributed by atoms with Crippen LogP contribution < -0.4 is 4.74 Å². The molecule has 2 saturated heterocycles. The van der Waals surface area contributed by atoms with Crippen LogP contribution in [0.1, 0.15) is 81.3 Å². The lowest BCUT2D eigenvalue weighted by atomic mass is 9.82. The Morgan fingerprint density at radius 1 is 0.594 bits per heavy atom. The Hall–Kier alpha value is -7.04. The van der Waals surface area contributed by atoms with E-state index in [0.717, 1.165) is 102 Å². The van der Waals surface area contributed by atoms with Gasteiger partial charge >= 0.3 is 0 Å². The van der Waals surface area contributed by atoms with Crippen LogP contribution in [0.5, 0.6) is 5.75 Å². The first-order valence-corrected chi connectivity index (χ1v) is 23.8. The van der Waals surface area contributed by atoms with E-state index in [-0.39, 0.29) is 6.61 Å². The maximum atomic E-state index is 15.1. The smallest absolute Gasteiger partial charge is 0.217 e. The van der Waals surface area contributed by atoms with Gasteiger partial charge in [-0.2, -0.15) is 8.78 Å². The number of hydrogen-bond acceptors (Lipinski definition) is 11. The molecule has 0 unspecified atom stereocenters. The van der Waals surface area contributed by atoms with Gasteiger partial charge in [0.25, 0.3) is 0 Å². The van der Waals surface area contributed by atoms with Gasteiger partial charge in [-0.1, -0.05) is 50.3 Å². The quantitative estimate of drug-likeness (QED) is 0.110. The topological polar surface area (TPSA) is 144 Å². The number of halogens is 2. The number of aromatic amines is 1. The molecule has 352 valence electrons. The molecule has 0 aliphatic carbocycles. The molecule has 11 rings (SSSR count). The molecule has 7 aromatic heterocycles. The van der Waals surface area contributed by atoms with Crippen molar-refractivity contribution in [3.05, 3.63) is 138 Å². The van der Waals surface area contributed by atoms with E-state index in [2.05, 4.69) is 95.2 Å². The lowest BCUT2D eigenvalue weighted by molar-refractivity contribution is 0.125. The summed E-state index contributed by atoms with van der Waals surface area (Å²) in [5.74, 6) is -0.213. The molecule has 2 aliphatic rings. The zero-order valence-corrected chi connectivity index (χ0v) is 39.5. The molecule has 0 saturated carbocycles. The highest BCUT2D eigenvalue weighted by Crippen LogP contribution is 2.33. The van der Waals surface area contributed by atoms with E-state index < -0.39 is 11.9 Å². The minimum absolute atomic E-state index is 0.268. The van der Waals surface area contributed by atoms with Crippen LogP contribution in [0, 0.1) is 22.7 Å². The summed E-state index contributed by atoms with van der Waals surface area (Å²) in [5.41, 5.74) is 9.77. The number of aromatic nitrogens is 11. The van der Waals surface area contributed by atoms with Gasteiger partial charge in [-0.05, 0) is 128 Å². The summed E-state index contributed by atoms with van der Waals surface area (Å²) in [5, 5.41) is 20.4. The summed E-state index contributed by atoms with van der Waals surface area (Å²) in [6.45, 7) is 15.4. The molecule has 2 fully saturated rings. The number of likely N-dealkylation sites (tertiary alicyclic amines) is 2. The number of nitrogens with one attached hydrogen (secondary N) is 1. The summed E-state index contributed by atoms with van der Waals surface area (Å²) >= 11 is 0. The minimum atomic E-state index is -0.400. The highest BCUT2D eigenvalue weighted by atomic mass is 19.1. The van der Waals surface area contributed by atoms with Crippen molar-refractivity contribution in [1.82, 2.24) is 64.7 Å². The Labute approximate surface area is 398 Å². The van der Waals surface area contributed by atoms with Crippen molar-refractivity contribution < 1.29 is 13.5 Å². The molecule has 16 heteroatoms. The SMILES string of the molecule is CC1(C)CCN(Cc2cc3cc(Cn4cc(-c5cncc(OCc6cc7cc(-c8cn(Cc9ccc%10nc(F)c(CN%11CCC(C)(C)CC%11)cc%10c9)nn8)cnc7[nH]6)c5)nn4)ccc3nc2F)CC1. The van der Waals surface area contributed by atoms with Gasteiger partial charge in [0.2, 0.25) is 11.9 Å². The van der Waals surface area contributed by atoms with E-state index in [1.807, 2.05) is 67.0 Å². The van der Waals surface area contributed by atoms with Crippen molar-refractivity contribution in [2.45, 2.75) is 86.2 Å². The second-order valence-corrected chi connectivity index (χ2v) is 20.6. The number of pyridine rings is 4. The number of piperidine rings is 2. The highest BCUT2D eigenvalue weighted by Gasteiger charge is 2.27. The standard InChI is InChI=1S/C53H55F2N13O/c1-52(2)9-13-65(14-10-52)29-41-19-36-17-34(5-7-45(36)59-49(41)54)27-67-31-47(61-63-67)39-21-38-22-43(58-51(38)57-25-39)33-69-44-23-40(24-56-26-44)48-32-68(64-62-48)28-35-6-8-46-37(18-35)20-42(50(55)60-46)30-66-15-11-53(3,4)12-16-66/h5-8,17-26,31-32H,9-16,27-30,33H2,1-4H3,(H,57,58). The molecule has 0 radical (unpaired) electrons. The number of ether oxygens (including phenoxy) is 1. The second-order valence-electron chi connectivity index (χ2n) is 20.6. The van der Waals surface area contributed by atoms with Gasteiger partial charge in [-0.25, -0.2) is 24.3 Å². The van der Waals surface area contributed by atoms with Gasteiger partial charge in [-0.15, -0.1) is 10.2 Å². The molecule has 9 heterocycles. The Morgan fingerprint density at radius 2 is 1.13 bits per heavy atom. The zero-order valence-electron chi connectivity index (χ0n) is 39.5. The fourth-order valence-corrected chi connectivity index (χ4v) is 9.50. The fourth-order valence-electron chi connectivity index (χ4n) is 9.50. The number of nitrogens with zero attached hydrogens (tertiary/aromatic N) is 12. The van der Waals surface area contributed by atoms with Gasteiger partial charge in [0.1, 0.15) is 29.4 Å². The molecular formula is C53H55F2N13O. The van der Waals surface area contributed by atoms with Crippen molar-refractivity contribution in [1.29, 1.82) is 0 Å². The van der Waals surface area contributed by atoms with Crippen LogP contribution in [0.2, 0.25) is 0 Å². The molecule has 0 amide bonds. The van der Waals surface area contributed by atoms with Crippen LogP contribution in [0.3, 0.4) is 0 Å². The normalized spacial score (nSPS) is 16.5. The number of benzene rings is 2. The average molecular weight is 928 g/mol. The number of fused-ring (bicyclic) bond motifs is 3. The zero-order chi connectivity index (χ0) is 47.3. The second kappa shape index (κ2) is 18.1. The van der Waals surface area contributed by atoms with Crippen LogP contribution in [-0.2, 0) is 32.8 Å². The largest absolute Gasteiger partial charge is 0.486 e. The molecular weight excluding hydrogens is 873 g/mol. The average Bonchev–Trinajstić information content (AvgIpc) is 4.11. The molecule has 0 atom stereocenters. The van der Waals surface area contributed by atoms with Crippen LogP contribution >= 0.6 is 0 Å². The lowest BCUT2D eigenvalue weighted by Gasteiger charge is -2.36. The first-order chi connectivity index (χ1) is 33.3. The van der Waals surface area contributed by atoms with Crippen LogP contribution in [0.4, 0.5) is 8.78 Å². The maximum Gasteiger partial charge on any atom is 0.217 e. The van der Waals surface area contributed by atoms with Crippen molar-refractivity contribution in [3.8, 4) is 28.3 Å². The van der Waals surface area contributed by atoms with Gasteiger partial charge in [0.05, 0.1) is 48.4 Å². The fraction of sp³-hybridized carbons (Fsp3) is 0.358. The Morgan fingerprint density at radius 3 is 1.68 bits per heavy atom. The van der Waals surface area contributed by atoms with E-state index in [1.54, 1.807) is 28.0 Å². The van der Waals surface area contributed by atoms with E-state index in [1.165, 1.54) is 0 Å². The lowest BCUT2D eigenvalue weighted by Crippen LogP contribution is -2.37. The van der Waals surface area contributed by atoms with Crippen molar-refractivity contribution >= 4 is 32.8 Å². The molecule has 69 heavy (non-hydrogen) atoms. The molecule has 0 bridgehead atoms. The summed E-state index contributed by atoms with van der Waals surface area (Å²) in [7, 11) is 0. The number of rotatable bonds is 13. The third-order valence-corrected chi connectivity index (χ3v) is 14.0. The molecule has 14 nitrogen and oxygen atoms in total. The Bertz CT molecular complexity index is 3320. The minimum Gasteiger partial charge on any atom is -0.486 e. The molecule has 1 N–H and O–H groups in total. The van der Waals surface area contributed by atoms with Crippen molar-refractivity contribution in [2.24, 2.45) is 10.8 Å². The molecule has 2 aliphatic heterocycles. The predicted molar refractivity (Wildman–Crippen MR) is 261 cm³/mol. The first-order valence-electron chi connectivity index (χ1n) is 23.8. The summed E-state index contributed by atoms with van der Waals surface area (Å²) in [6.07, 6.45) is 13.4. The van der Waals surface area contributed by atoms with Crippen molar-refractivity contribution in [3.63, 3.8) is 0 Å².